The van der Waals surface area contributed by atoms with Gasteiger partial charge in [-0.15, -0.1) is 11.3 Å². The molecule has 2 rings (SSSR count). The standard InChI is InChI=1S/C17H20N2O3S/c1-3-19(9-8-16(21)22)15(20)10-14-11-23-17(18-14)13-6-4-12(2)5-7-13/h4-7,11H,3,8-10H2,1-2H3,(H,21,22). The summed E-state index contributed by atoms with van der Waals surface area (Å²) in [6, 6.07) is 8.11. The highest BCUT2D eigenvalue weighted by Gasteiger charge is 2.15. The van der Waals surface area contributed by atoms with Gasteiger partial charge in [0.05, 0.1) is 18.5 Å². The lowest BCUT2D eigenvalue weighted by Gasteiger charge is -2.19. The molecule has 0 saturated carbocycles. The Morgan fingerprint density at radius 1 is 1.26 bits per heavy atom. The Bertz CT molecular complexity index is 679. The van der Waals surface area contributed by atoms with Gasteiger partial charge in [-0.25, -0.2) is 4.98 Å². The number of carboxylic acid groups (broad SMARTS) is 1. The normalized spacial score (nSPS) is 10.5. The van der Waals surface area contributed by atoms with Crippen LogP contribution in [0.3, 0.4) is 0 Å². The van der Waals surface area contributed by atoms with E-state index in [1.165, 1.54) is 16.9 Å². The smallest absolute Gasteiger partial charge is 0.305 e. The molecule has 23 heavy (non-hydrogen) atoms. The molecular weight excluding hydrogens is 312 g/mol. The zero-order chi connectivity index (χ0) is 16.8. The van der Waals surface area contributed by atoms with Gasteiger partial charge in [-0.1, -0.05) is 29.8 Å². The maximum Gasteiger partial charge on any atom is 0.305 e. The van der Waals surface area contributed by atoms with E-state index < -0.39 is 5.97 Å². The van der Waals surface area contributed by atoms with Gasteiger partial charge in [-0.2, -0.15) is 0 Å². The summed E-state index contributed by atoms with van der Waals surface area (Å²) in [6.45, 7) is 4.62. The summed E-state index contributed by atoms with van der Waals surface area (Å²) in [5, 5.41) is 11.5. The topological polar surface area (TPSA) is 70.5 Å². The highest BCUT2D eigenvalue weighted by atomic mass is 32.1. The number of rotatable bonds is 7. The summed E-state index contributed by atoms with van der Waals surface area (Å²) >= 11 is 1.51. The molecule has 1 aromatic carbocycles. The van der Waals surface area contributed by atoms with Gasteiger partial charge < -0.3 is 10.0 Å². The predicted molar refractivity (Wildman–Crippen MR) is 90.5 cm³/mol. The monoisotopic (exact) mass is 332 g/mol. The number of amides is 1. The number of thiazole rings is 1. The molecule has 0 radical (unpaired) electrons. The second-order valence-corrected chi connectivity index (χ2v) is 6.16. The van der Waals surface area contributed by atoms with Crippen molar-refractivity contribution in [2.24, 2.45) is 0 Å². The molecule has 0 bridgehead atoms. The molecule has 1 amide bonds. The van der Waals surface area contributed by atoms with Gasteiger partial charge in [0.15, 0.2) is 0 Å². The lowest BCUT2D eigenvalue weighted by molar-refractivity contribution is -0.138. The second kappa shape index (κ2) is 7.87. The van der Waals surface area contributed by atoms with Crippen LogP contribution in [0, 0.1) is 6.92 Å². The van der Waals surface area contributed by atoms with Crippen molar-refractivity contribution in [1.29, 1.82) is 0 Å². The average molecular weight is 332 g/mol. The maximum absolute atomic E-state index is 12.2. The number of nitrogens with zero attached hydrogens (tertiary/aromatic N) is 2. The Balaban J connectivity index is 2.01. The van der Waals surface area contributed by atoms with E-state index in [1.54, 1.807) is 4.90 Å². The van der Waals surface area contributed by atoms with E-state index in [9.17, 15) is 9.59 Å². The zero-order valence-electron chi connectivity index (χ0n) is 13.3. The third kappa shape index (κ3) is 4.89. The van der Waals surface area contributed by atoms with Gasteiger partial charge in [-0.05, 0) is 13.8 Å². The van der Waals surface area contributed by atoms with E-state index in [0.29, 0.717) is 6.54 Å². The fourth-order valence-electron chi connectivity index (χ4n) is 2.17. The number of carboxylic acids is 1. The summed E-state index contributed by atoms with van der Waals surface area (Å²) in [5.74, 6) is -0.985. The lowest BCUT2D eigenvalue weighted by atomic mass is 10.2. The maximum atomic E-state index is 12.2. The summed E-state index contributed by atoms with van der Waals surface area (Å²) in [7, 11) is 0. The van der Waals surface area contributed by atoms with Crippen LogP contribution in [0.15, 0.2) is 29.6 Å². The van der Waals surface area contributed by atoms with Crippen molar-refractivity contribution < 1.29 is 14.7 Å². The summed E-state index contributed by atoms with van der Waals surface area (Å²) < 4.78 is 0. The predicted octanol–water partition coefficient (Wildman–Crippen LogP) is 2.98. The van der Waals surface area contributed by atoms with Crippen molar-refractivity contribution in [3.63, 3.8) is 0 Å². The van der Waals surface area contributed by atoms with Crippen LogP contribution in [-0.2, 0) is 16.0 Å². The van der Waals surface area contributed by atoms with Crippen LogP contribution < -0.4 is 0 Å². The number of aliphatic carboxylic acids is 1. The minimum atomic E-state index is -0.897. The molecule has 5 nitrogen and oxygen atoms in total. The molecule has 1 heterocycles. The number of carbonyl (C=O) groups is 2. The van der Waals surface area contributed by atoms with Crippen LogP contribution in [0.5, 0.6) is 0 Å². The van der Waals surface area contributed by atoms with Gasteiger partial charge in [-0.3, -0.25) is 9.59 Å². The van der Waals surface area contributed by atoms with Crippen LogP contribution in [0.25, 0.3) is 10.6 Å². The minimum Gasteiger partial charge on any atom is -0.481 e. The number of likely N-dealkylation sites (N-methyl/N-ethyl adjacent to an activating group) is 1. The molecule has 0 unspecified atom stereocenters. The van der Waals surface area contributed by atoms with E-state index in [4.69, 9.17) is 5.11 Å². The van der Waals surface area contributed by atoms with Crippen molar-refractivity contribution in [2.45, 2.75) is 26.7 Å². The molecule has 122 valence electrons. The number of hydrogen-bond acceptors (Lipinski definition) is 4. The molecule has 0 fully saturated rings. The number of benzene rings is 1. The van der Waals surface area contributed by atoms with E-state index in [2.05, 4.69) is 4.98 Å². The summed E-state index contributed by atoms with van der Waals surface area (Å²) in [6.07, 6.45) is 0.168. The molecule has 6 heteroatoms. The number of hydrogen-bond donors (Lipinski definition) is 1. The number of aromatic nitrogens is 1. The third-order valence-electron chi connectivity index (χ3n) is 3.51. The van der Waals surface area contributed by atoms with E-state index >= 15 is 0 Å². The van der Waals surface area contributed by atoms with Crippen molar-refractivity contribution >= 4 is 23.2 Å². The Morgan fingerprint density at radius 3 is 2.57 bits per heavy atom. The molecule has 0 atom stereocenters. The highest BCUT2D eigenvalue weighted by Crippen LogP contribution is 2.24. The van der Waals surface area contributed by atoms with Gasteiger partial charge in [0.25, 0.3) is 0 Å². The Labute approximate surface area is 139 Å². The molecular formula is C17H20N2O3S. The van der Waals surface area contributed by atoms with Crippen molar-refractivity contribution in [1.82, 2.24) is 9.88 Å². The molecule has 0 aliphatic rings. The highest BCUT2D eigenvalue weighted by molar-refractivity contribution is 7.13. The Morgan fingerprint density at radius 2 is 1.96 bits per heavy atom. The van der Waals surface area contributed by atoms with E-state index in [1.807, 2.05) is 43.5 Å². The SMILES string of the molecule is CCN(CCC(=O)O)C(=O)Cc1csc(-c2ccc(C)cc2)n1. The minimum absolute atomic E-state index is 0.0364. The van der Waals surface area contributed by atoms with Gasteiger partial charge in [0.1, 0.15) is 5.01 Å². The van der Waals surface area contributed by atoms with E-state index in [-0.39, 0.29) is 25.3 Å². The number of aryl methyl sites for hydroxylation is 1. The lowest BCUT2D eigenvalue weighted by Crippen LogP contribution is -2.34. The average Bonchev–Trinajstić information content (AvgIpc) is 2.96. The second-order valence-electron chi connectivity index (χ2n) is 5.30. The van der Waals surface area contributed by atoms with Crippen molar-refractivity contribution in [3.8, 4) is 10.6 Å². The fraction of sp³-hybridized carbons (Fsp3) is 0.353. The molecule has 0 aliphatic carbocycles. The van der Waals surface area contributed by atoms with Crippen molar-refractivity contribution in [3.05, 3.63) is 40.9 Å². The van der Waals surface area contributed by atoms with Gasteiger partial charge in [0, 0.05) is 24.0 Å². The van der Waals surface area contributed by atoms with E-state index in [0.717, 1.165) is 16.3 Å². The molecule has 1 N–H and O–H groups in total. The molecule has 1 aromatic heterocycles. The first-order chi connectivity index (χ1) is 11.0. The van der Waals surface area contributed by atoms with Crippen LogP contribution in [0.2, 0.25) is 0 Å². The first-order valence-electron chi connectivity index (χ1n) is 7.50. The first-order valence-corrected chi connectivity index (χ1v) is 8.38. The summed E-state index contributed by atoms with van der Waals surface area (Å²) in [4.78, 5) is 29.0. The molecule has 2 aromatic rings. The van der Waals surface area contributed by atoms with Crippen molar-refractivity contribution in [2.75, 3.05) is 13.1 Å². The zero-order valence-corrected chi connectivity index (χ0v) is 14.1. The largest absolute Gasteiger partial charge is 0.481 e. The number of carbonyl (C=O) groups excluding carboxylic acids is 1. The molecule has 0 saturated heterocycles. The van der Waals surface area contributed by atoms with Crippen LogP contribution in [-0.4, -0.2) is 40.0 Å². The van der Waals surface area contributed by atoms with Crippen LogP contribution in [0.4, 0.5) is 0 Å². The third-order valence-corrected chi connectivity index (χ3v) is 4.45. The van der Waals surface area contributed by atoms with Crippen LogP contribution >= 0.6 is 11.3 Å². The summed E-state index contributed by atoms with van der Waals surface area (Å²) in [5.41, 5.74) is 2.96. The quantitative estimate of drug-likeness (QED) is 0.846. The van der Waals surface area contributed by atoms with Crippen LogP contribution in [0.1, 0.15) is 24.6 Å². The van der Waals surface area contributed by atoms with Gasteiger partial charge in [0.2, 0.25) is 5.91 Å². The first kappa shape index (κ1) is 17.1. The fourth-order valence-corrected chi connectivity index (χ4v) is 3.00. The molecule has 0 aliphatic heterocycles. The Hall–Kier alpha value is -2.21. The Kier molecular flexibility index (Phi) is 5.87. The van der Waals surface area contributed by atoms with Gasteiger partial charge >= 0.3 is 5.97 Å². The molecule has 0 spiro atoms.